The number of nitrogens with zero attached hydrogens (tertiary/aromatic N) is 3. The maximum absolute atomic E-state index is 12.5. The van der Waals surface area contributed by atoms with Crippen LogP contribution in [0.4, 0.5) is 5.82 Å². The van der Waals surface area contributed by atoms with E-state index in [1.165, 1.54) is 5.56 Å². The number of anilines is 1. The summed E-state index contributed by atoms with van der Waals surface area (Å²) in [5, 5.41) is 18.3. The molecule has 2 N–H and O–H groups in total. The number of carbonyl (C=O) groups is 1. The number of fused-ring (bicyclic) bond motifs is 2. The minimum Gasteiger partial charge on any atom is -0.508 e. The average molecular weight is 390 g/mol. The topological polar surface area (TPSA) is 80.0 Å². The number of amides is 1. The molecule has 1 aliphatic rings. The predicted octanol–water partition coefficient (Wildman–Crippen LogP) is 4.28. The SMILES string of the molecule is Cc1ccc2nc(-n3nc(C)c4c3NC(=O)C[C@H]4c3cccc(O)c3)sc2c1. The Balaban J connectivity index is 1.68. The Morgan fingerprint density at radius 3 is 2.89 bits per heavy atom. The monoisotopic (exact) mass is 390 g/mol. The van der Waals surface area contributed by atoms with Crippen molar-refractivity contribution in [2.75, 3.05) is 5.32 Å². The highest BCUT2D eigenvalue weighted by atomic mass is 32.1. The van der Waals surface area contributed by atoms with Crippen molar-refractivity contribution in [3.63, 3.8) is 0 Å². The summed E-state index contributed by atoms with van der Waals surface area (Å²) in [5.41, 5.74) is 4.82. The fourth-order valence-electron chi connectivity index (χ4n) is 3.82. The number of hydrogen-bond donors (Lipinski definition) is 2. The predicted molar refractivity (Wildman–Crippen MR) is 109 cm³/mol. The second-order valence-corrected chi connectivity index (χ2v) is 8.14. The Labute approximate surface area is 165 Å². The first-order valence-corrected chi connectivity index (χ1v) is 9.87. The third-order valence-electron chi connectivity index (χ3n) is 5.09. The largest absolute Gasteiger partial charge is 0.508 e. The summed E-state index contributed by atoms with van der Waals surface area (Å²) in [7, 11) is 0. The first kappa shape index (κ1) is 16.9. The Morgan fingerprint density at radius 2 is 2.07 bits per heavy atom. The van der Waals surface area contributed by atoms with Crippen LogP contribution in [0.3, 0.4) is 0 Å². The van der Waals surface area contributed by atoms with Crippen molar-refractivity contribution >= 4 is 33.3 Å². The van der Waals surface area contributed by atoms with Crippen molar-refractivity contribution in [2.45, 2.75) is 26.2 Å². The smallest absolute Gasteiger partial charge is 0.226 e. The molecule has 28 heavy (non-hydrogen) atoms. The average Bonchev–Trinajstić information content (AvgIpc) is 3.21. The standard InChI is InChI=1S/C21H18N4O2S/c1-11-6-7-16-17(8-11)28-21(22-16)25-20-19(12(2)24-25)15(10-18(27)23-20)13-4-3-5-14(26)9-13/h3-9,15,26H,10H2,1-2H3,(H,23,27)/t15-/m0/s1. The van der Waals surface area contributed by atoms with Gasteiger partial charge in [-0.05, 0) is 49.2 Å². The van der Waals surface area contributed by atoms with Crippen molar-refractivity contribution in [3.05, 3.63) is 64.8 Å². The molecule has 1 atom stereocenters. The maximum atomic E-state index is 12.5. The fraction of sp³-hybridized carbons (Fsp3) is 0.190. The molecule has 0 aliphatic carbocycles. The van der Waals surface area contributed by atoms with E-state index in [9.17, 15) is 9.90 Å². The van der Waals surface area contributed by atoms with Gasteiger partial charge in [0.2, 0.25) is 11.0 Å². The van der Waals surface area contributed by atoms with Gasteiger partial charge in [-0.15, -0.1) is 0 Å². The van der Waals surface area contributed by atoms with E-state index in [-0.39, 0.29) is 17.6 Å². The minimum atomic E-state index is -0.152. The Hall–Kier alpha value is -3.19. The van der Waals surface area contributed by atoms with Gasteiger partial charge in [0.15, 0.2) is 0 Å². The number of phenolic OH excluding ortho intramolecular Hbond substituents is 1. The van der Waals surface area contributed by atoms with Crippen molar-refractivity contribution in [2.24, 2.45) is 0 Å². The van der Waals surface area contributed by atoms with E-state index in [1.54, 1.807) is 34.2 Å². The Morgan fingerprint density at radius 1 is 1.21 bits per heavy atom. The number of benzene rings is 2. The minimum absolute atomic E-state index is 0.0704. The summed E-state index contributed by atoms with van der Waals surface area (Å²) in [5.74, 6) is 0.634. The van der Waals surface area contributed by atoms with Crippen LogP contribution in [0.2, 0.25) is 0 Å². The molecule has 2 aromatic heterocycles. The lowest BCUT2D eigenvalue weighted by molar-refractivity contribution is -0.116. The molecule has 0 unspecified atom stereocenters. The molecule has 6 nitrogen and oxygen atoms in total. The van der Waals surface area contributed by atoms with Gasteiger partial charge in [-0.2, -0.15) is 9.78 Å². The van der Waals surface area contributed by atoms with Gasteiger partial charge in [0, 0.05) is 17.9 Å². The number of aromatic hydroxyl groups is 1. The molecule has 3 heterocycles. The van der Waals surface area contributed by atoms with Crippen LogP contribution in [0.15, 0.2) is 42.5 Å². The van der Waals surface area contributed by atoms with Crippen LogP contribution in [-0.4, -0.2) is 25.8 Å². The first-order chi connectivity index (χ1) is 13.5. The normalized spacial score (nSPS) is 16.2. The summed E-state index contributed by atoms with van der Waals surface area (Å²) in [6.07, 6.45) is 0.321. The maximum Gasteiger partial charge on any atom is 0.226 e. The third-order valence-corrected chi connectivity index (χ3v) is 6.08. The van der Waals surface area contributed by atoms with Crippen LogP contribution in [-0.2, 0) is 4.79 Å². The lowest BCUT2D eigenvalue weighted by atomic mass is 9.86. The highest BCUT2D eigenvalue weighted by Crippen LogP contribution is 2.41. The second-order valence-electron chi connectivity index (χ2n) is 7.13. The van der Waals surface area contributed by atoms with Crippen LogP contribution in [0, 0.1) is 13.8 Å². The zero-order valence-electron chi connectivity index (χ0n) is 15.4. The number of aromatic nitrogens is 3. The molecule has 0 radical (unpaired) electrons. The molecule has 2 aromatic carbocycles. The summed E-state index contributed by atoms with van der Waals surface area (Å²) in [4.78, 5) is 17.2. The van der Waals surface area contributed by atoms with Gasteiger partial charge < -0.3 is 10.4 Å². The van der Waals surface area contributed by atoms with Crippen molar-refractivity contribution in [3.8, 4) is 10.9 Å². The molecule has 1 amide bonds. The Bertz CT molecular complexity index is 1240. The van der Waals surface area contributed by atoms with Gasteiger partial charge in [-0.1, -0.05) is 29.5 Å². The molecule has 7 heteroatoms. The van der Waals surface area contributed by atoms with Gasteiger partial charge in [-0.3, -0.25) is 4.79 Å². The van der Waals surface area contributed by atoms with Crippen LogP contribution in [0.5, 0.6) is 5.75 Å². The number of rotatable bonds is 2. The molecule has 1 aliphatic heterocycles. The number of carbonyl (C=O) groups excluding carboxylic acids is 1. The van der Waals surface area contributed by atoms with Crippen molar-refractivity contribution in [1.82, 2.24) is 14.8 Å². The quantitative estimate of drug-likeness (QED) is 0.535. The summed E-state index contributed by atoms with van der Waals surface area (Å²) in [6.45, 7) is 4.00. The van der Waals surface area contributed by atoms with E-state index in [0.29, 0.717) is 12.2 Å². The van der Waals surface area contributed by atoms with E-state index in [4.69, 9.17) is 10.1 Å². The second kappa shape index (κ2) is 6.17. The Kier molecular flexibility index (Phi) is 3.73. The van der Waals surface area contributed by atoms with Crippen LogP contribution in [0.1, 0.15) is 34.7 Å². The van der Waals surface area contributed by atoms with E-state index in [2.05, 4.69) is 18.3 Å². The molecule has 0 saturated carbocycles. The molecular formula is C21H18N4O2S. The van der Waals surface area contributed by atoms with Crippen LogP contribution in [0.25, 0.3) is 15.3 Å². The molecule has 0 saturated heterocycles. The molecule has 140 valence electrons. The molecular weight excluding hydrogens is 372 g/mol. The molecule has 0 bridgehead atoms. The van der Waals surface area contributed by atoms with Gasteiger partial charge in [-0.25, -0.2) is 4.98 Å². The third kappa shape index (κ3) is 2.66. The molecule has 5 rings (SSSR count). The molecule has 0 fully saturated rings. The van der Waals surface area contributed by atoms with E-state index < -0.39 is 0 Å². The van der Waals surface area contributed by atoms with Crippen molar-refractivity contribution < 1.29 is 9.90 Å². The number of aryl methyl sites for hydroxylation is 2. The zero-order chi connectivity index (χ0) is 19.4. The summed E-state index contributed by atoms with van der Waals surface area (Å²) >= 11 is 1.55. The van der Waals surface area contributed by atoms with E-state index in [1.807, 2.05) is 25.1 Å². The number of nitrogens with one attached hydrogen (secondary N) is 1. The number of hydrogen-bond acceptors (Lipinski definition) is 5. The van der Waals surface area contributed by atoms with Gasteiger partial charge >= 0.3 is 0 Å². The lowest BCUT2D eigenvalue weighted by Crippen LogP contribution is -2.24. The van der Waals surface area contributed by atoms with Gasteiger partial charge in [0.05, 0.1) is 15.9 Å². The zero-order valence-corrected chi connectivity index (χ0v) is 16.2. The van der Waals surface area contributed by atoms with Crippen molar-refractivity contribution in [1.29, 1.82) is 0 Å². The lowest BCUT2D eigenvalue weighted by Gasteiger charge is -2.24. The van der Waals surface area contributed by atoms with Crippen LogP contribution >= 0.6 is 11.3 Å². The molecule has 4 aromatic rings. The van der Waals surface area contributed by atoms with E-state index in [0.717, 1.165) is 32.2 Å². The molecule has 0 spiro atoms. The number of phenols is 1. The van der Waals surface area contributed by atoms with Gasteiger partial charge in [0.25, 0.3) is 0 Å². The summed E-state index contributed by atoms with van der Waals surface area (Å²) < 4.78 is 2.82. The van der Waals surface area contributed by atoms with Crippen LogP contribution < -0.4 is 5.32 Å². The van der Waals surface area contributed by atoms with Gasteiger partial charge in [0.1, 0.15) is 11.6 Å². The highest BCUT2D eigenvalue weighted by molar-refractivity contribution is 7.20. The summed E-state index contributed by atoms with van der Waals surface area (Å²) in [6, 6.07) is 13.2. The first-order valence-electron chi connectivity index (χ1n) is 9.05. The number of thiazole rings is 1. The highest BCUT2D eigenvalue weighted by Gasteiger charge is 2.33. The van der Waals surface area contributed by atoms with E-state index >= 15 is 0 Å². The fourth-order valence-corrected chi connectivity index (χ4v) is 4.84.